The van der Waals surface area contributed by atoms with Crippen LogP contribution in [0.4, 0.5) is 0 Å². The third-order valence-corrected chi connectivity index (χ3v) is 3.29. The maximum absolute atomic E-state index is 5.88. The quantitative estimate of drug-likeness (QED) is 0.753. The van der Waals surface area contributed by atoms with Gasteiger partial charge >= 0.3 is 0 Å². The van der Waals surface area contributed by atoms with Gasteiger partial charge in [-0.05, 0) is 12.1 Å². The fourth-order valence-corrected chi connectivity index (χ4v) is 2.24. The van der Waals surface area contributed by atoms with Gasteiger partial charge in [-0.1, -0.05) is 60.7 Å². The second kappa shape index (κ2) is 6.22. The van der Waals surface area contributed by atoms with Crippen LogP contribution in [-0.4, -0.2) is 0 Å². The summed E-state index contributed by atoms with van der Waals surface area (Å²) < 4.78 is 5.88. The molecule has 3 aromatic rings. The van der Waals surface area contributed by atoms with E-state index in [1.807, 2.05) is 30.3 Å². The first-order valence-electron chi connectivity index (χ1n) is 6.91. The first-order chi connectivity index (χ1) is 9.92. The van der Waals surface area contributed by atoms with Crippen LogP contribution in [0.5, 0.6) is 0 Å². The van der Waals surface area contributed by atoms with Gasteiger partial charge in [-0.2, -0.15) is 0 Å². The first-order valence-corrected chi connectivity index (χ1v) is 6.91. The van der Waals surface area contributed by atoms with Crippen molar-refractivity contribution in [3.63, 3.8) is 0 Å². The van der Waals surface area contributed by atoms with Crippen molar-refractivity contribution in [3.8, 4) is 11.3 Å². The molecule has 20 heavy (non-hydrogen) atoms. The minimum atomic E-state index is 0.863. The highest BCUT2D eigenvalue weighted by Crippen LogP contribution is 2.21. The molecule has 0 amide bonds. The Labute approximate surface area is 119 Å². The minimum absolute atomic E-state index is 0.863. The molecule has 2 aromatic carbocycles. The van der Waals surface area contributed by atoms with Crippen molar-refractivity contribution in [1.29, 1.82) is 0 Å². The summed E-state index contributed by atoms with van der Waals surface area (Å²) in [7, 11) is 0. The van der Waals surface area contributed by atoms with Crippen molar-refractivity contribution in [2.75, 3.05) is 0 Å². The monoisotopic (exact) mass is 264 g/mol. The van der Waals surface area contributed by atoms with Crippen LogP contribution in [0, 0.1) is 0 Å². The molecule has 2 heteroatoms. The summed E-state index contributed by atoms with van der Waals surface area (Å²) in [6.07, 6.45) is 0. The second-order valence-electron chi connectivity index (χ2n) is 4.81. The summed E-state index contributed by atoms with van der Waals surface area (Å²) in [5.41, 5.74) is 2.46. The summed E-state index contributed by atoms with van der Waals surface area (Å²) in [6, 6.07) is 24.8. The highest BCUT2D eigenvalue weighted by atomic mass is 16.3. The lowest BCUT2D eigenvalue weighted by Crippen LogP contribution is -2.80. The third-order valence-electron chi connectivity index (χ3n) is 3.29. The van der Waals surface area contributed by atoms with E-state index in [1.165, 1.54) is 5.56 Å². The molecule has 0 spiro atoms. The largest absolute Gasteiger partial charge is 0.455 e. The second-order valence-corrected chi connectivity index (χ2v) is 4.81. The SMILES string of the molecule is c1ccc(C[NH2+]Cc2ccc(-c3ccccc3)o2)cc1. The van der Waals surface area contributed by atoms with Crippen molar-refractivity contribution in [1.82, 2.24) is 0 Å². The molecule has 0 saturated carbocycles. The van der Waals surface area contributed by atoms with Crippen LogP contribution in [0.15, 0.2) is 77.2 Å². The van der Waals surface area contributed by atoms with Crippen LogP contribution in [-0.2, 0) is 13.1 Å². The average molecular weight is 264 g/mol. The Balaban J connectivity index is 1.58. The zero-order valence-electron chi connectivity index (χ0n) is 11.3. The van der Waals surface area contributed by atoms with Gasteiger partial charge in [0.05, 0.1) is 0 Å². The van der Waals surface area contributed by atoms with Crippen molar-refractivity contribution in [2.24, 2.45) is 0 Å². The predicted octanol–water partition coefficient (Wildman–Crippen LogP) is 3.21. The molecule has 3 rings (SSSR count). The van der Waals surface area contributed by atoms with E-state index < -0.39 is 0 Å². The number of quaternary nitrogens is 1. The normalized spacial score (nSPS) is 10.6. The number of furan rings is 1. The van der Waals surface area contributed by atoms with Gasteiger partial charge in [0.1, 0.15) is 18.8 Å². The van der Waals surface area contributed by atoms with E-state index in [1.54, 1.807) is 0 Å². The average Bonchev–Trinajstić information content (AvgIpc) is 2.98. The Bertz CT molecular complexity index is 643. The van der Waals surface area contributed by atoms with Crippen LogP contribution < -0.4 is 5.32 Å². The molecule has 0 unspecified atom stereocenters. The van der Waals surface area contributed by atoms with Gasteiger partial charge in [0, 0.05) is 11.1 Å². The van der Waals surface area contributed by atoms with Gasteiger partial charge in [0.15, 0.2) is 5.76 Å². The van der Waals surface area contributed by atoms with Gasteiger partial charge in [-0.15, -0.1) is 0 Å². The fourth-order valence-electron chi connectivity index (χ4n) is 2.24. The van der Waals surface area contributed by atoms with E-state index in [9.17, 15) is 0 Å². The first kappa shape index (κ1) is 12.7. The molecule has 0 saturated heterocycles. The van der Waals surface area contributed by atoms with Crippen molar-refractivity contribution >= 4 is 0 Å². The molecule has 100 valence electrons. The number of benzene rings is 2. The number of hydrogen-bond donors (Lipinski definition) is 1. The highest BCUT2D eigenvalue weighted by Gasteiger charge is 2.05. The molecule has 1 heterocycles. The highest BCUT2D eigenvalue weighted by molar-refractivity contribution is 5.57. The Kier molecular flexibility index (Phi) is 3.95. The van der Waals surface area contributed by atoms with Crippen LogP contribution >= 0.6 is 0 Å². The van der Waals surface area contributed by atoms with Crippen molar-refractivity contribution < 1.29 is 9.73 Å². The van der Waals surface area contributed by atoms with Gasteiger partial charge < -0.3 is 9.73 Å². The van der Waals surface area contributed by atoms with Gasteiger partial charge in [0.25, 0.3) is 0 Å². The summed E-state index contributed by atoms with van der Waals surface area (Å²) in [5.74, 6) is 1.95. The molecule has 2 N–H and O–H groups in total. The summed E-state index contributed by atoms with van der Waals surface area (Å²) >= 11 is 0. The van der Waals surface area contributed by atoms with E-state index >= 15 is 0 Å². The molecule has 2 nitrogen and oxygen atoms in total. The third kappa shape index (κ3) is 3.16. The molecule has 0 bridgehead atoms. The summed E-state index contributed by atoms with van der Waals surface area (Å²) in [6.45, 7) is 1.84. The Morgan fingerprint density at radius 1 is 0.700 bits per heavy atom. The molecule has 0 aliphatic carbocycles. The number of nitrogens with two attached hydrogens (primary N) is 1. The molecule has 0 aliphatic rings. The smallest absolute Gasteiger partial charge is 0.158 e. The maximum atomic E-state index is 5.88. The van der Waals surface area contributed by atoms with E-state index in [2.05, 4.69) is 47.8 Å². The van der Waals surface area contributed by atoms with Crippen LogP contribution in [0.25, 0.3) is 11.3 Å². The summed E-state index contributed by atoms with van der Waals surface area (Å²) in [4.78, 5) is 0. The van der Waals surface area contributed by atoms with E-state index in [0.29, 0.717) is 0 Å². The van der Waals surface area contributed by atoms with Crippen LogP contribution in [0.2, 0.25) is 0 Å². The number of rotatable bonds is 5. The van der Waals surface area contributed by atoms with Crippen molar-refractivity contribution in [3.05, 3.63) is 84.1 Å². The fraction of sp³-hybridized carbons (Fsp3) is 0.111. The van der Waals surface area contributed by atoms with Crippen LogP contribution in [0.3, 0.4) is 0 Å². The molecular formula is C18H18NO+. The Morgan fingerprint density at radius 3 is 2.15 bits per heavy atom. The molecule has 0 radical (unpaired) electrons. The zero-order chi connectivity index (χ0) is 13.6. The Morgan fingerprint density at radius 2 is 1.40 bits per heavy atom. The zero-order valence-corrected chi connectivity index (χ0v) is 11.3. The molecular weight excluding hydrogens is 246 g/mol. The minimum Gasteiger partial charge on any atom is -0.455 e. The molecule has 0 fully saturated rings. The molecule has 1 aromatic heterocycles. The van der Waals surface area contributed by atoms with Gasteiger partial charge in [0.2, 0.25) is 0 Å². The standard InChI is InChI=1S/C18H17NO/c1-3-7-15(8-4-1)13-19-14-17-11-12-18(20-17)16-9-5-2-6-10-16/h1-12,19H,13-14H2/p+1. The van der Waals surface area contributed by atoms with Gasteiger partial charge in [-0.3, -0.25) is 0 Å². The van der Waals surface area contributed by atoms with Gasteiger partial charge in [-0.25, -0.2) is 0 Å². The van der Waals surface area contributed by atoms with E-state index in [-0.39, 0.29) is 0 Å². The van der Waals surface area contributed by atoms with E-state index in [0.717, 1.165) is 30.2 Å². The number of hydrogen-bond acceptors (Lipinski definition) is 1. The topological polar surface area (TPSA) is 29.8 Å². The molecule has 0 aliphatic heterocycles. The van der Waals surface area contributed by atoms with Crippen molar-refractivity contribution in [2.45, 2.75) is 13.1 Å². The summed E-state index contributed by atoms with van der Waals surface area (Å²) in [5, 5.41) is 2.25. The lowest BCUT2D eigenvalue weighted by molar-refractivity contribution is -0.687. The Hall–Kier alpha value is -2.32. The van der Waals surface area contributed by atoms with E-state index in [4.69, 9.17) is 4.42 Å². The van der Waals surface area contributed by atoms with Crippen LogP contribution in [0.1, 0.15) is 11.3 Å². The molecule has 0 atom stereocenters. The lowest BCUT2D eigenvalue weighted by Gasteiger charge is -2.00. The lowest BCUT2D eigenvalue weighted by atomic mass is 10.2. The predicted molar refractivity (Wildman–Crippen MR) is 79.9 cm³/mol. The maximum Gasteiger partial charge on any atom is 0.158 e.